The van der Waals surface area contributed by atoms with Gasteiger partial charge in [-0.25, -0.2) is 0 Å². The van der Waals surface area contributed by atoms with E-state index in [2.05, 4.69) is 0 Å². The second kappa shape index (κ2) is 4.13. The Morgan fingerprint density at radius 3 is 2.56 bits per heavy atom. The Hall–Kier alpha value is -0.960. The predicted molar refractivity (Wildman–Crippen MR) is 58.2 cm³/mol. The van der Waals surface area contributed by atoms with Crippen molar-refractivity contribution in [3.05, 3.63) is 35.4 Å². The van der Waals surface area contributed by atoms with E-state index >= 15 is 0 Å². The minimum atomic E-state index is -3.81. The van der Waals surface area contributed by atoms with E-state index in [1.807, 2.05) is 6.07 Å². The molecule has 1 saturated carbocycles. The molecule has 4 heteroatoms. The van der Waals surface area contributed by atoms with Crippen molar-refractivity contribution in [3.63, 3.8) is 0 Å². The SMILES string of the molecule is O=C(c1cccc(C2CCC2)c1)C(F)(F)Cl. The average molecular weight is 245 g/mol. The molecule has 1 fully saturated rings. The lowest BCUT2D eigenvalue weighted by molar-refractivity contribution is 0.0536. The van der Waals surface area contributed by atoms with E-state index in [-0.39, 0.29) is 5.56 Å². The van der Waals surface area contributed by atoms with Crippen LogP contribution < -0.4 is 0 Å². The van der Waals surface area contributed by atoms with Crippen LogP contribution in [0.15, 0.2) is 24.3 Å². The molecule has 0 radical (unpaired) electrons. The maximum absolute atomic E-state index is 12.6. The third-order valence-electron chi connectivity index (χ3n) is 2.98. The van der Waals surface area contributed by atoms with Crippen molar-refractivity contribution in [2.45, 2.75) is 30.6 Å². The predicted octanol–water partition coefficient (Wildman–Crippen LogP) is 3.97. The molecule has 0 amide bonds. The van der Waals surface area contributed by atoms with Crippen LogP contribution in [-0.4, -0.2) is 11.2 Å². The van der Waals surface area contributed by atoms with Gasteiger partial charge in [0.1, 0.15) is 0 Å². The fraction of sp³-hybridized carbons (Fsp3) is 0.417. The summed E-state index contributed by atoms with van der Waals surface area (Å²) in [6.45, 7) is 0. The van der Waals surface area contributed by atoms with Gasteiger partial charge >= 0.3 is 5.38 Å². The highest BCUT2D eigenvalue weighted by Gasteiger charge is 2.36. The first-order valence-corrected chi connectivity index (χ1v) is 5.58. The van der Waals surface area contributed by atoms with E-state index in [0.29, 0.717) is 5.92 Å². The van der Waals surface area contributed by atoms with Crippen LogP contribution in [-0.2, 0) is 0 Å². The van der Waals surface area contributed by atoms with Crippen molar-refractivity contribution < 1.29 is 13.6 Å². The van der Waals surface area contributed by atoms with Crippen molar-refractivity contribution in [1.82, 2.24) is 0 Å². The Kier molecular flexibility index (Phi) is 2.98. The quantitative estimate of drug-likeness (QED) is 0.581. The van der Waals surface area contributed by atoms with Crippen LogP contribution in [0.4, 0.5) is 8.78 Å². The lowest BCUT2D eigenvalue weighted by Crippen LogP contribution is -2.21. The number of hydrogen-bond donors (Lipinski definition) is 0. The Balaban J connectivity index is 2.25. The maximum atomic E-state index is 12.6. The number of rotatable bonds is 3. The second-order valence-electron chi connectivity index (χ2n) is 4.08. The number of Topliss-reactive ketones (excluding diaryl/α,β-unsaturated/α-hetero) is 1. The average Bonchev–Trinajstić information content (AvgIpc) is 2.13. The largest absolute Gasteiger partial charge is 0.384 e. The van der Waals surface area contributed by atoms with E-state index in [9.17, 15) is 13.6 Å². The minimum absolute atomic E-state index is 0.00981. The first-order chi connectivity index (χ1) is 7.48. The summed E-state index contributed by atoms with van der Waals surface area (Å²) >= 11 is 4.72. The molecule has 1 aromatic rings. The van der Waals surface area contributed by atoms with Crippen LogP contribution in [0.3, 0.4) is 0 Å². The van der Waals surface area contributed by atoms with E-state index in [0.717, 1.165) is 24.8 Å². The molecular formula is C12H11ClF2O. The van der Waals surface area contributed by atoms with E-state index < -0.39 is 11.2 Å². The normalized spacial score (nSPS) is 16.9. The van der Waals surface area contributed by atoms with E-state index in [4.69, 9.17) is 11.6 Å². The van der Waals surface area contributed by atoms with Gasteiger partial charge in [0.05, 0.1) is 0 Å². The lowest BCUT2D eigenvalue weighted by Gasteiger charge is -2.26. The van der Waals surface area contributed by atoms with Gasteiger partial charge in [-0.05, 0) is 42.0 Å². The molecule has 0 saturated heterocycles. The number of alkyl halides is 3. The molecule has 0 unspecified atom stereocenters. The van der Waals surface area contributed by atoms with Crippen molar-refractivity contribution in [3.8, 4) is 0 Å². The molecule has 1 aromatic carbocycles. The molecule has 0 N–H and O–H groups in total. The smallest absolute Gasteiger partial charge is 0.286 e. The number of ketones is 1. The molecule has 0 bridgehead atoms. The summed E-state index contributed by atoms with van der Waals surface area (Å²) in [7, 11) is 0. The highest BCUT2D eigenvalue weighted by Crippen LogP contribution is 2.37. The van der Waals surface area contributed by atoms with Gasteiger partial charge < -0.3 is 0 Å². The molecule has 16 heavy (non-hydrogen) atoms. The molecule has 0 atom stereocenters. The lowest BCUT2D eigenvalue weighted by atomic mass is 9.79. The highest BCUT2D eigenvalue weighted by atomic mass is 35.5. The Morgan fingerprint density at radius 1 is 1.38 bits per heavy atom. The monoisotopic (exact) mass is 244 g/mol. The van der Waals surface area contributed by atoms with Crippen molar-refractivity contribution in [2.24, 2.45) is 0 Å². The first kappa shape index (κ1) is 11.5. The van der Waals surface area contributed by atoms with Crippen LogP contribution in [0, 0.1) is 0 Å². The molecular weight excluding hydrogens is 234 g/mol. The van der Waals surface area contributed by atoms with Crippen molar-refractivity contribution in [2.75, 3.05) is 0 Å². The fourth-order valence-electron chi connectivity index (χ4n) is 1.84. The van der Waals surface area contributed by atoms with Gasteiger partial charge in [0.2, 0.25) is 5.78 Å². The fourth-order valence-corrected chi connectivity index (χ4v) is 1.95. The number of hydrogen-bond acceptors (Lipinski definition) is 1. The number of halogens is 3. The molecule has 0 aromatic heterocycles. The summed E-state index contributed by atoms with van der Waals surface area (Å²) in [4.78, 5) is 11.3. The van der Waals surface area contributed by atoms with E-state index in [1.165, 1.54) is 12.1 Å². The molecule has 0 aliphatic heterocycles. The number of carbonyl (C=O) groups excluding carboxylic acids is 1. The van der Waals surface area contributed by atoms with Crippen molar-refractivity contribution >= 4 is 17.4 Å². The molecule has 86 valence electrons. The number of carbonyl (C=O) groups is 1. The summed E-state index contributed by atoms with van der Waals surface area (Å²) in [5.74, 6) is -0.910. The van der Waals surface area contributed by atoms with Crippen LogP contribution in [0.25, 0.3) is 0 Å². The summed E-state index contributed by atoms with van der Waals surface area (Å²) in [6, 6.07) is 6.40. The first-order valence-electron chi connectivity index (χ1n) is 5.20. The van der Waals surface area contributed by atoms with Crippen LogP contribution in [0.2, 0.25) is 0 Å². The van der Waals surface area contributed by atoms with Gasteiger partial charge in [0, 0.05) is 5.56 Å². The minimum Gasteiger partial charge on any atom is -0.286 e. The van der Waals surface area contributed by atoms with Gasteiger partial charge in [0.15, 0.2) is 0 Å². The van der Waals surface area contributed by atoms with Gasteiger partial charge in [-0.2, -0.15) is 8.78 Å². The summed E-state index contributed by atoms with van der Waals surface area (Å²) in [5, 5.41) is -3.81. The van der Waals surface area contributed by atoms with Crippen LogP contribution in [0.5, 0.6) is 0 Å². The van der Waals surface area contributed by atoms with Gasteiger partial charge in [-0.15, -0.1) is 0 Å². The zero-order valence-corrected chi connectivity index (χ0v) is 9.31. The molecule has 2 rings (SSSR count). The Labute approximate surface area is 97.4 Å². The van der Waals surface area contributed by atoms with Crippen LogP contribution in [0.1, 0.15) is 41.1 Å². The highest BCUT2D eigenvalue weighted by molar-refractivity contribution is 6.35. The molecule has 1 aliphatic carbocycles. The third-order valence-corrected chi connectivity index (χ3v) is 3.15. The second-order valence-corrected chi connectivity index (χ2v) is 4.55. The molecule has 1 aliphatic rings. The summed E-state index contributed by atoms with van der Waals surface area (Å²) < 4.78 is 25.3. The Bertz CT molecular complexity index is 408. The zero-order valence-electron chi connectivity index (χ0n) is 8.55. The molecule has 0 heterocycles. The van der Waals surface area contributed by atoms with Gasteiger partial charge in [-0.1, -0.05) is 24.6 Å². The summed E-state index contributed by atoms with van der Waals surface area (Å²) in [6.07, 6.45) is 3.29. The zero-order chi connectivity index (χ0) is 11.8. The third kappa shape index (κ3) is 2.24. The molecule has 0 spiro atoms. The van der Waals surface area contributed by atoms with Gasteiger partial charge in [0.25, 0.3) is 0 Å². The summed E-state index contributed by atoms with van der Waals surface area (Å²) in [5.41, 5.74) is 0.947. The van der Waals surface area contributed by atoms with Crippen LogP contribution >= 0.6 is 11.6 Å². The topological polar surface area (TPSA) is 17.1 Å². The van der Waals surface area contributed by atoms with Gasteiger partial charge in [-0.3, -0.25) is 4.79 Å². The standard InChI is InChI=1S/C12H11ClF2O/c13-12(14,15)11(16)10-6-2-5-9(7-10)8-3-1-4-8/h2,5-8H,1,3-4H2. The molecule has 1 nitrogen and oxygen atoms in total. The number of benzene rings is 1. The maximum Gasteiger partial charge on any atom is 0.384 e. The Morgan fingerprint density at radius 2 is 2.06 bits per heavy atom. The van der Waals surface area contributed by atoms with E-state index in [1.54, 1.807) is 6.07 Å². The van der Waals surface area contributed by atoms with Crippen molar-refractivity contribution in [1.29, 1.82) is 0 Å².